The van der Waals surface area contributed by atoms with Crippen LogP contribution >= 0.6 is 0 Å². The van der Waals surface area contributed by atoms with Crippen LogP contribution in [0.5, 0.6) is 28.7 Å². The first-order valence-corrected chi connectivity index (χ1v) is 17.6. The van der Waals surface area contributed by atoms with E-state index in [0.29, 0.717) is 54.2 Å². The number of aromatic hydroxyl groups is 2. The summed E-state index contributed by atoms with van der Waals surface area (Å²) in [5.74, 6) is 1.85. The Bertz CT molecular complexity index is 2230. The van der Waals surface area contributed by atoms with Gasteiger partial charge >= 0.3 is 0 Å². The number of nitrogens with zero attached hydrogens (tertiary/aromatic N) is 1. The Morgan fingerprint density at radius 1 is 0.863 bits per heavy atom. The number of aliphatic hydroxyl groups is 2. The monoisotopic (exact) mass is 683 g/mol. The molecular formula is C43H41NO7. The second-order valence-corrected chi connectivity index (χ2v) is 13.6. The molecule has 0 spiro atoms. The normalized spacial score (nSPS) is 18.3. The third kappa shape index (κ3) is 6.30. The topological polar surface area (TPSA) is 121 Å². The summed E-state index contributed by atoms with van der Waals surface area (Å²) in [5.41, 5.74) is 8.61. The van der Waals surface area contributed by atoms with Crippen molar-refractivity contribution in [1.82, 2.24) is 0 Å². The highest BCUT2D eigenvalue weighted by atomic mass is 16.5. The number of aryl methyl sites for hydroxylation is 2. The molecule has 0 saturated carbocycles. The Balaban J connectivity index is 1.18. The Hall–Kier alpha value is -5.31. The van der Waals surface area contributed by atoms with Crippen LogP contribution in [0, 0.1) is 0 Å². The van der Waals surface area contributed by atoms with Gasteiger partial charge in [-0.05, 0) is 112 Å². The standard InChI is InChI=1S/C43H41NO7/c1-49-40-21-30(19-28(42(40)48)9-7-25-5-3-2-4-6-25)43-37(47)23-34-35-20-29(18-26-8-12-36-27(17-26)13-14-44-36)33-22-31(46)10-11-32(33)41(35)39(50-16-15-45)24-38(34)51-43/h2-6,8,10-13,17,19,21-22,24,29,37,43,45-48H,7,9,14-16,18,20,23H2,1H3. The summed E-state index contributed by atoms with van der Waals surface area (Å²) in [6.45, 7) is 0.648. The highest BCUT2D eigenvalue weighted by molar-refractivity contribution is 5.83. The maximum Gasteiger partial charge on any atom is 0.161 e. The summed E-state index contributed by atoms with van der Waals surface area (Å²) < 4.78 is 18.5. The summed E-state index contributed by atoms with van der Waals surface area (Å²) in [7, 11) is 1.52. The lowest BCUT2D eigenvalue weighted by Crippen LogP contribution is -2.32. The van der Waals surface area contributed by atoms with E-state index in [1.54, 1.807) is 12.1 Å². The fourth-order valence-electron chi connectivity index (χ4n) is 8.01. The van der Waals surface area contributed by atoms with Gasteiger partial charge in [-0.1, -0.05) is 48.5 Å². The maximum absolute atomic E-state index is 11.8. The number of hydrogen-bond donors (Lipinski definition) is 4. The van der Waals surface area contributed by atoms with Crippen molar-refractivity contribution >= 4 is 6.08 Å². The molecule has 3 atom stereocenters. The van der Waals surface area contributed by atoms with Gasteiger partial charge in [0.15, 0.2) is 11.5 Å². The van der Waals surface area contributed by atoms with E-state index in [-0.39, 0.29) is 30.6 Å². The van der Waals surface area contributed by atoms with E-state index in [4.69, 9.17) is 14.2 Å². The first-order chi connectivity index (χ1) is 24.9. The predicted molar refractivity (Wildman–Crippen MR) is 194 cm³/mol. The van der Waals surface area contributed by atoms with Crippen molar-refractivity contribution < 1.29 is 34.6 Å². The molecule has 0 bridgehead atoms. The molecule has 1 aliphatic carbocycles. The maximum atomic E-state index is 11.8. The van der Waals surface area contributed by atoms with Gasteiger partial charge in [0.2, 0.25) is 0 Å². The van der Waals surface area contributed by atoms with E-state index >= 15 is 0 Å². The van der Waals surface area contributed by atoms with Gasteiger partial charge in [-0.3, -0.25) is 4.99 Å². The zero-order valence-electron chi connectivity index (χ0n) is 28.5. The lowest BCUT2D eigenvalue weighted by atomic mass is 9.73. The molecule has 5 aromatic carbocycles. The average molecular weight is 684 g/mol. The Morgan fingerprint density at radius 2 is 1.73 bits per heavy atom. The van der Waals surface area contributed by atoms with Crippen LogP contribution in [0.15, 0.2) is 89.9 Å². The van der Waals surface area contributed by atoms with Crippen molar-refractivity contribution in [2.24, 2.45) is 4.99 Å². The third-order valence-electron chi connectivity index (χ3n) is 10.4. The molecule has 2 aliphatic heterocycles. The van der Waals surface area contributed by atoms with Crippen molar-refractivity contribution in [3.8, 4) is 39.9 Å². The number of ether oxygens (including phenoxy) is 3. The number of phenols is 2. The highest BCUT2D eigenvalue weighted by Gasteiger charge is 2.38. The molecule has 8 heteroatoms. The van der Waals surface area contributed by atoms with E-state index in [2.05, 4.69) is 41.4 Å². The van der Waals surface area contributed by atoms with Gasteiger partial charge in [0, 0.05) is 23.6 Å². The number of fused-ring (bicyclic) bond motifs is 6. The van der Waals surface area contributed by atoms with Gasteiger partial charge in [0.25, 0.3) is 0 Å². The molecule has 3 unspecified atom stereocenters. The van der Waals surface area contributed by atoms with Gasteiger partial charge in [0.05, 0.1) is 31.7 Å². The van der Waals surface area contributed by atoms with Crippen molar-refractivity contribution in [3.63, 3.8) is 0 Å². The number of rotatable bonds is 10. The molecule has 0 amide bonds. The van der Waals surface area contributed by atoms with Crippen LogP contribution in [0.2, 0.25) is 0 Å². The first-order valence-electron chi connectivity index (χ1n) is 17.6. The SMILES string of the molecule is COc1cc(C2Oc3cc(OCCO)c4c(c3CC2O)CC(Cc2ccc3c(c2)=CCN=3)c2cc(O)ccc2-4)cc(CCc2ccccc2)c1O. The predicted octanol–water partition coefficient (Wildman–Crippen LogP) is 5.26. The van der Waals surface area contributed by atoms with Gasteiger partial charge in [0.1, 0.15) is 30.0 Å². The first kappa shape index (κ1) is 32.9. The average Bonchev–Trinajstić information content (AvgIpc) is 3.62. The van der Waals surface area contributed by atoms with Crippen molar-refractivity contribution in [2.45, 2.75) is 50.2 Å². The van der Waals surface area contributed by atoms with Crippen LogP contribution in [0.1, 0.15) is 51.0 Å². The molecular weight excluding hydrogens is 642 g/mol. The molecule has 51 heavy (non-hydrogen) atoms. The minimum Gasteiger partial charge on any atom is -0.508 e. The minimum absolute atomic E-state index is 0.0385. The fraction of sp³-hybridized carbons (Fsp3) is 0.279. The molecule has 0 fully saturated rings. The summed E-state index contributed by atoms with van der Waals surface area (Å²) >= 11 is 0. The molecule has 2 heterocycles. The highest BCUT2D eigenvalue weighted by Crippen LogP contribution is 2.52. The largest absolute Gasteiger partial charge is 0.508 e. The van der Waals surface area contributed by atoms with Gasteiger partial charge in [-0.2, -0.15) is 0 Å². The van der Waals surface area contributed by atoms with Gasteiger partial charge in [-0.15, -0.1) is 0 Å². The summed E-state index contributed by atoms with van der Waals surface area (Å²) in [5, 5.41) is 45.4. The molecule has 3 aliphatic rings. The third-order valence-corrected chi connectivity index (χ3v) is 10.4. The second-order valence-electron chi connectivity index (χ2n) is 13.6. The summed E-state index contributed by atoms with van der Waals surface area (Å²) in [6, 6.07) is 27.5. The van der Waals surface area contributed by atoms with Crippen LogP contribution < -0.4 is 24.8 Å². The minimum atomic E-state index is -0.877. The van der Waals surface area contributed by atoms with Crippen molar-refractivity contribution in [3.05, 3.63) is 134 Å². The zero-order valence-corrected chi connectivity index (χ0v) is 28.5. The molecule has 5 aromatic rings. The molecule has 8 rings (SSSR count). The van der Waals surface area contributed by atoms with Crippen molar-refractivity contribution in [1.29, 1.82) is 0 Å². The van der Waals surface area contributed by atoms with Gasteiger partial charge < -0.3 is 34.6 Å². The molecule has 8 nitrogen and oxygen atoms in total. The zero-order chi connectivity index (χ0) is 35.1. The van der Waals surface area contributed by atoms with Crippen LogP contribution in [0.25, 0.3) is 17.2 Å². The van der Waals surface area contributed by atoms with Crippen LogP contribution in [0.3, 0.4) is 0 Å². The number of phenolic OH excluding ortho intramolecular Hbond substituents is 2. The van der Waals surface area contributed by atoms with Crippen LogP contribution in [-0.4, -0.2) is 53.4 Å². The molecule has 260 valence electrons. The fourth-order valence-corrected chi connectivity index (χ4v) is 8.01. The second kappa shape index (κ2) is 13.8. The van der Waals surface area contributed by atoms with Gasteiger partial charge in [-0.25, -0.2) is 0 Å². The lowest BCUT2D eigenvalue weighted by molar-refractivity contribution is 0.0201. The lowest BCUT2D eigenvalue weighted by Gasteiger charge is -2.37. The molecule has 4 N–H and O–H groups in total. The van der Waals surface area contributed by atoms with Crippen LogP contribution in [-0.2, 0) is 32.1 Å². The number of hydrogen-bond acceptors (Lipinski definition) is 8. The Morgan fingerprint density at radius 3 is 2.55 bits per heavy atom. The number of methoxy groups -OCH3 is 1. The van der Waals surface area contributed by atoms with E-state index in [1.807, 2.05) is 42.5 Å². The Kier molecular flexibility index (Phi) is 8.88. The molecule has 0 radical (unpaired) electrons. The van der Waals surface area contributed by atoms with E-state index in [9.17, 15) is 20.4 Å². The van der Waals surface area contributed by atoms with Crippen molar-refractivity contribution in [2.75, 3.05) is 26.9 Å². The number of aliphatic hydroxyl groups excluding tert-OH is 2. The number of benzene rings is 5. The van der Waals surface area contributed by atoms with Crippen LogP contribution in [0.4, 0.5) is 0 Å². The van der Waals surface area contributed by atoms with E-state index in [1.165, 1.54) is 12.7 Å². The van der Waals surface area contributed by atoms with E-state index in [0.717, 1.165) is 56.8 Å². The smallest absolute Gasteiger partial charge is 0.161 e. The molecule has 0 aromatic heterocycles. The quantitative estimate of drug-likeness (QED) is 0.159. The Labute approximate surface area is 296 Å². The molecule has 0 saturated heterocycles. The summed E-state index contributed by atoms with van der Waals surface area (Å²) in [4.78, 5) is 4.54. The summed E-state index contributed by atoms with van der Waals surface area (Å²) in [6.07, 6.45) is 3.60. The van der Waals surface area contributed by atoms with E-state index < -0.39 is 12.2 Å².